The predicted molar refractivity (Wildman–Crippen MR) is 51.1 cm³/mol. The molecule has 0 saturated carbocycles. The zero-order valence-electron chi connectivity index (χ0n) is 6.19. The Bertz CT molecular complexity index is 233. The van der Waals surface area contributed by atoms with E-state index in [0.717, 1.165) is 10.1 Å². The first-order chi connectivity index (χ1) is 4.74. The summed E-state index contributed by atoms with van der Waals surface area (Å²) in [6.45, 7) is 4.22. The number of aryl methyl sites for hydroxylation is 2. The summed E-state index contributed by atoms with van der Waals surface area (Å²) in [5.74, 6) is 0. The van der Waals surface area contributed by atoms with Gasteiger partial charge in [-0.1, -0.05) is 13.0 Å². The average Bonchev–Trinajstić information content (AvgIpc) is 1.94. The van der Waals surface area contributed by atoms with E-state index in [2.05, 4.69) is 47.5 Å². The molecule has 1 rings (SSSR count). The van der Waals surface area contributed by atoms with Gasteiger partial charge < -0.3 is 0 Å². The lowest BCUT2D eigenvalue weighted by Crippen LogP contribution is -1.90. The highest BCUT2D eigenvalue weighted by molar-refractivity contribution is 14.1. The fourth-order valence-corrected chi connectivity index (χ4v) is 1.54. The molecule has 2 heteroatoms. The Morgan fingerprint density at radius 2 is 2.30 bits per heavy atom. The van der Waals surface area contributed by atoms with Crippen LogP contribution in [0.2, 0.25) is 0 Å². The highest BCUT2D eigenvalue weighted by Gasteiger charge is 1.96. The second-order valence-electron chi connectivity index (χ2n) is 2.32. The summed E-state index contributed by atoms with van der Waals surface area (Å²) >= 11 is 2.27. The van der Waals surface area contributed by atoms with Crippen LogP contribution in [0.3, 0.4) is 0 Å². The molecule has 1 aromatic rings. The second kappa shape index (κ2) is 3.32. The first-order valence-electron chi connectivity index (χ1n) is 3.35. The van der Waals surface area contributed by atoms with Gasteiger partial charge in [-0.3, -0.25) is 0 Å². The van der Waals surface area contributed by atoms with Crippen molar-refractivity contribution in [2.75, 3.05) is 0 Å². The molecule has 0 aliphatic heterocycles. The molecule has 0 unspecified atom stereocenters. The molecule has 0 spiro atoms. The lowest BCUT2D eigenvalue weighted by atomic mass is 10.2. The standard InChI is InChI=1S/C8H10IN/c1-3-7-4-6(2)5-10-8(7)9/h4-5H,3H2,1-2H3. The maximum atomic E-state index is 4.24. The summed E-state index contributed by atoms with van der Waals surface area (Å²) in [6, 6.07) is 2.19. The highest BCUT2D eigenvalue weighted by Crippen LogP contribution is 2.10. The Hall–Kier alpha value is -0.120. The fraction of sp³-hybridized carbons (Fsp3) is 0.375. The van der Waals surface area contributed by atoms with Crippen molar-refractivity contribution in [2.24, 2.45) is 0 Å². The molecule has 10 heavy (non-hydrogen) atoms. The van der Waals surface area contributed by atoms with Gasteiger partial charge in [0.1, 0.15) is 3.70 Å². The molecule has 1 aromatic heterocycles. The van der Waals surface area contributed by atoms with Gasteiger partial charge in [-0.05, 0) is 47.1 Å². The van der Waals surface area contributed by atoms with Crippen LogP contribution in [0.1, 0.15) is 18.1 Å². The van der Waals surface area contributed by atoms with Crippen molar-refractivity contribution in [3.63, 3.8) is 0 Å². The maximum Gasteiger partial charge on any atom is 0.104 e. The molecular weight excluding hydrogens is 237 g/mol. The van der Waals surface area contributed by atoms with Gasteiger partial charge in [0.05, 0.1) is 0 Å². The number of pyridine rings is 1. The van der Waals surface area contributed by atoms with E-state index < -0.39 is 0 Å². The van der Waals surface area contributed by atoms with Gasteiger partial charge in [0.2, 0.25) is 0 Å². The second-order valence-corrected chi connectivity index (χ2v) is 3.34. The molecule has 1 heterocycles. The molecular formula is C8H10IN. The SMILES string of the molecule is CCc1cc(C)cnc1I. The van der Waals surface area contributed by atoms with Crippen LogP contribution in [0.25, 0.3) is 0 Å². The van der Waals surface area contributed by atoms with Crippen molar-refractivity contribution in [3.8, 4) is 0 Å². The van der Waals surface area contributed by atoms with Crippen LogP contribution < -0.4 is 0 Å². The first-order valence-corrected chi connectivity index (χ1v) is 4.43. The van der Waals surface area contributed by atoms with Crippen molar-refractivity contribution in [2.45, 2.75) is 20.3 Å². The summed E-state index contributed by atoms with van der Waals surface area (Å²) in [5.41, 5.74) is 2.60. The van der Waals surface area contributed by atoms with Crippen LogP contribution in [-0.2, 0) is 6.42 Å². The summed E-state index contributed by atoms with van der Waals surface area (Å²) in [7, 11) is 0. The van der Waals surface area contributed by atoms with Crippen LogP contribution in [-0.4, -0.2) is 4.98 Å². The number of hydrogen-bond acceptors (Lipinski definition) is 1. The third-order valence-corrected chi connectivity index (χ3v) is 2.40. The van der Waals surface area contributed by atoms with Gasteiger partial charge in [-0.25, -0.2) is 4.98 Å². The Morgan fingerprint density at radius 3 is 2.80 bits per heavy atom. The van der Waals surface area contributed by atoms with Crippen molar-refractivity contribution in [3.05, 3.63) is 27.1 Å². The molecule has 0 aliphatic rings. The van der Waals surface area contributed by atoms with Crippen molar-refractivity contribution in [1.82, 2.24) is 4.98 Å². The third-order valence-electron chi connectivity index (χ3n) is 1.43. The monoisotopic (exact) mass is 247 g/mol. The molecule has 54 valence electrons. The summed E-state index contributed by atoms with van der Waals surface area (Å²) < 4.78 is 1.13. The van der Waals surface area contributed by atoms with E-state index in [1.54, 1.807) is 0 Å². The van der Waals surface area contributed by atoms with Crippen LogP contribution in [0.4, 0.5) is 0 Å². The molecule has 1 nitrogen and oxygen atoms in total. The van der Waals surface area contributed by atoms with Crippen LogP contribution in [0, 0.1) is 10.6 Å². The Kier molecular flexibility index (Phi) is 2.65. The third kappa shape index (κ3) is 1.68. The van der Waals surface area contributed by atoms with E-state index in [9.17, 15) is 0 Å². The number of rotatable bonds is 1. The number of hydrogen-bond donors (Lipinski definition) is 0. The normalized spacial score (nSPS) is 9.90. The largest absolute Gasteiger partial charge is 0.250 e. The Balaban J connectivity index is 3.09. The van der Waals surface area contributed by atoms with E-state index in [0.29, 0.717) is 0 Å². The number of nitrogens with zero attached hydrogens (tertiary/aromatic N) is 1. The van der Waals surface area contributed by atoms with Crippen molar-refractivity contribution in [1.29, 1.82) is 0 Å². The molecule has 0 fully saturated rings. The summed E-state index contributed by atoms with van der Waals surface area (Å²) in [5, 5.41) is 0. The molecule has 0 aromatic carbocycles. The molecule has 0 atom stereocenters. The minimum absolute atomic E-state index is 1.08. The molecule has 0 radical (unpaired) electrons. The van der Waals surface area contributed by atoms with Crippen molar-refractivity contribution >= 4 is 22.6 Å². The molecule has 0 amide bonds. The van der Waals surface area contributed by atoms with Gasteiger partial charge in [0.15, 0.2) is 0 Å². The van der Waals surface area contributed by atoms with E-state index in [1.165, 1.54) is 11.1 Å². The van der Waals surface area contributed by atoms with Crippen molar-refractivity contribution < 1.29 is 0 Å². The van der Waals surface area contributed by atoms with E-state index >= 15 is 0 Å². The lowest BCUT2D eigenvalue weighted by Gasteiger charge is -1.99. The van der Waals surface area contributed by atoms with Gasteiger partial charge in [-0.15, -0.1) is 0 Å². The molecule has 0 bridgehead atoms. The minimum Gasteiger partial charge on any atom is -0.250 e. The van der Waals surface area contributed by atoms with Gasteiger partial charge in [0.25, 0.3) is 0 Å². The molecule has 0 aliphatic carbocycles. The van der Waals surface area contributed by atoms with E-state index in [1.807, 2.05) is 6.20 Å². The van der Waals surface area contributed by atoms with Crippen LogP contribution >= 0.6 is 22.6 Å². The average molecular weight is 247 g/mol. The number of aromatic nitrogens is 1. The topological polar surface area (TPSA) is 12.9 Å². The van der Waals surface area contributed by atoms with Crippen LogP contribution in [0.5, 0.6) is 0 Å². The highest BCUT2D eigenvalue weighted by atomic mass is 127. The smallest absolute Gasteiger partial charge is 0.104 e. The molecule has 0 N–H and O–H groups in total. The van der Waals surface area contributed by atoms with Gasteiger partial charge in [0, 0.05) is 6.20 Å². The lowest BCUT2D eigenvalue weighted by molar-refractivity contribution is 1.06. The Labute approximate surface area is 75.0 Å². The van der Waals surface area contributed by atoms with E-state index in [4.69, 9.17) is 0 Å². The summed E-state index contributed by atoms with van der Waals surface area (Å²) in [4.78, 5) is 4.24. The van der Waals surface area contributed by atoms with Gasteiger partial charge >= 0.3 is 0 Å². The summed E-state index contributed by atoms with van der Waals surface area (Å²) in [6.07, 6.45) is 2.98. The quantitative estimate of drug-likeness (QED) is 0.549. The number of halogens is 1. The minimum atomic E-state index is 1.08. The predicted octanol–water partition coefficient (Wildman–Crippen LogP) is 2.56. The van der Waals surface area contributed by atoms with Gasteiger partial charge in [-0.2, -0.15) is 0 Å². The first kappa shape index (κ1) is 7.98. The Morgan fingerprint density at radius 1 is 1.60 bits per heavy atom. The zero-order valence-corrected chi connectivity index (χ0v) is 8.34. The maximum absolute atomic E-state index is 4.24. The fourth-order valence-electron chi connectivity index (χ4n) is 0.861. The van der Waals surface area contributed by atoms with Crippen LogP contribution in [0.15, 0.2) is 12.3 Å². The van der Waals surface area contributed by atoms with E-state index in [-0.39, 0.29) is 0 Å². The zero-order chi connectivity index (χ0) is 7.56. The molecule has 0 saturated heterocycles.